The maximum Gasteiger partial charge on any atom is 0.240 e. The summed E-state index contributed by atoms with van der Waals surface area (Å²) in [6, 6.07) is 21.1. The van der Waals surface area contributed by atoms with Crippen molar-refractivity contribution in [3.05, 3.63) is 89.7 Å². The molecule has 0 spiro atoms. The number of methoxy groups -OCH3 is 3. The van der Waals surface area contributed by atoms with Crippen molar-refractivity contribution in [1.29, 1.82) is 0 Å². The highest BCUT2D eigenvalue weighted by Gasteiger charge is 2.38. The van der Waals surface area contributed by atoms with Crippen LogP contribution in [-0.2, 0) is 14.3 Å². The summed E-state index contributed by atoms with van der Waals surface area (Å²) < 4.78 is 32.1. The van der Waals surface area contributed by atoms with Gasteiger partial charge < -0.3 is 19.5 Å². The van der Waals surface area contributed by atoms with Crippen molar-refractivity contribution in [2.45, 2.75) is 11.7 Å². The highest BCUT2D eigenvalue weighted by molar-refractivity contribution is 8.00. The number of hydrogen-bond donors (Lipinski definition) is 1. The monoisotopic (exact) mass is 604 g/mol. The maximum absolute atomic E-state index is 14.0. The Kier molecular flexibility index (Phi) is 9.63. The van der Waals surface area contributed by atoms with Gasteiger partial charge in [0.15, 0.2) is 0 Å². The van der Waals surface area contributed by atoms with Crippen LogP contribution in [0.4, 0.5) is 10.2 Å². The van der Waals surface area contributed by atoms with Gasteiger partial charge in [-0.25, -0.2) is 9.07 Å². The van der Waals surface area contributed by atoms with E-state index in [2.05, 4.69) is 5.32 Å². The second-order valence-corrected chi connectivity index (χ2v) is 10.9. The molecule has 0 unspecified atom stereocenters. The quantitative estimate of drug-likeness (QED) is 0.240. The van der Waals surface area contributed by atoms with E-state index in [4.69, 9.17) is 19.3 Å². The first-order valence-corrected chi connectivity index (χ1v) is 14.8. The molecule has 0 saturated heterocycles. The summed E-state index contributed by atoms with van der Waals surface area (Å²) in [6.07, 6.45) is 0.640. The molecular weight excluding hydrogens is 571 g/mol. The van der Waals surface area contributed by atoms with Crippen molar-refractivity contribution >= 4 is 29.4 Å². The first-order chi connectivity index (χ1) is 20.9. The van der Waals surface area contributed by atoms with E-state index in [-0.39, 0.29) is 24.1 Å². The van der Waals surface area contributed by atoms with Gasteiger partial charge in [0, 0.05) is 37.0 Å². The lowest BCUT2D eigenvalue weighted by Crippen LogP contribution is -2.42. The van der Waals surface area contributed by atoms with Crippen LogP contribution in [0.1, 0.15) is 22.8 Å². The summed E-state index contributed by atoms with van der Waals surface area (Å²) in [6.45, 7) is 0.695. The van der Waals surface area contributed by atoms with Gasteiger partial charge in [0.2, 0.25) is 11.8 Å². The van der Waals surface area contributed by atoms with Gasteiger partial charge in [0.05, 0.1) is 36.6 Å². The normalized spacial score (nSPS) is 14.7. The number of fused-ring (bicyclic) bond motifs is 1. The molecule has 0 aliphatic carbocycles. The number of carbonyl (C=O) groups is 2. The lowest BCUT2D eigenvalue weighted by molar-refractivity contribution is -0.122. The van der Waals surface area contributed by atoms with E-state index in [1.807, 2.05) is 48.5 Å². The van der Waals surface area contributed by atoms with E-state index in [9.17, 15) is 14.0 Å². The number of anilines is 1. The average Bonchev–Trinajstić information content (AvgIpc) is 3.36. The number of rotatable bonds is 11. The summed E-state index contributed by atoms with van der Waals surface area (Å²) in [4.78, 5) is 28.5. The van der Waals surface area contributed by atoms with E-state index in [1.54, 1.807) is 38.1 Å². The number of carbonyl (C=O) groups excluding carboxylic acids is 2. The highest BCUT2D eigenvalue weighted by Crippen LogP contribution is 2.51. The number of nitrogens with zero attached hydrogens (tertiary/aromatic N) is 3. The van der Waals surface area contributed by atoms with Crippen LogP contribution >= 0.6 is 11.8 Å². The van der Waals surface area contributed by atoms with E-state index in [0.717, 1.165) is 16.7 Å². The molecule has 43 heavy (non-hydrogen) atoms. The third kappa shape index (κ3) is 6.52. The molecule has 3 aromatic carbocycles. The number of benzene rings is 3. The molecule has 5 rings (SSSR count). The number of aromatic nitrogens is 2. The van der Waals surface area contributed by atoms with Crippen LogP contribution < -0.4 is 19.7 Å². The Labute approximate surface area is 253 Å². The first-order valence-electron chi connectivity index (χ1n) is 13.8. The van der Waals surface area contributed by atoms with Crippen LogP contribution in [0.15, 0.2) is 72.8 Å². The average molecular weight is 605 g/mol. The zero-order valence-electron chi connectivity index (χ0n) is 24.2. The Hall–Kier alpha value is -4.35. The summed E-state index contributed by atoms with van der Waals surface area (Å²) in [7, 11) is 4.79. The molecule has 0 saturated carbocycles. The lowest BCUT2D eigenvalue weighted by Gasteiger charge is -2.23. The van der Waals surface area contributed by atoms with Crippen LogP contribution in [-0.4, -0.2) is 68.4 Å². The van der Waals surface area contributed by atoms with Crippen LogP contribution in [0.3, 0.4) is 0 Å². The maximum atomic E-state index is 14.0. The molecule has 1 atom stereocenters. The van der Waals surface area contributed by atoms with E-state index in [0.29, 0.717) is 48.3 Å². The van der Waals surface area contributed by atoms with Gasteiger partial charge in [0.1, 0.15) is 29.7 Å². The molecule has 0 fully saturated rings. The number of ether oxygens (including phenoxy) is 3. The molecule has 4 aromatic rings. The summed E-state index contributed by atoms with van der Waals surface area (Å²) >= 11 is 1.42. The molecule has 2 heterocycles. The predicted molar refractivity (Wildman–Crippen MR) is 165 cm³/mol. The molecule has 0 bridgehead atoms. The van der Waals surface area contributed by atoms with Crippen molar-refractivity contribution < 1.29 is 28.2 Å². The predicted octanol–water partition coefficient (Wildman–Crippen LogP) is 5.02. The second kappa shape index (κ2) is 13.7. The Balaban J connectivity index is 1.75. The smallest absolute Gasteiger partial charge is 0.240 e. The van der Waals surface area contributed by atoms with Crippen molar-refractivity contribution in [3.63, 3.8) is 0 Å². The molecule has 1 aliphatic rings. The van der Waals surface area contributed by atoms with Crippen molar-refractivity contribution in [3.8, 4) is 28.4 Å². The molecule has 1 N–H and O–H groups in total. The van der Waals surface area contributed by atoms with E-state index in [1.165, 1.54) is 28.8 Å². The lowest BCUT2D eigenvalue weighted by atomic mass is 9.98. The zero-order valence-corrected chi connectivity index (χ0v) is 25.0. The Morgan fingerprint density at radius 2 is 1.81 bits per heavy atom. The van der Waals surface area contributed by atoms with E-state index < -0.39 is 11.1 Å². The fraction of sp³-hybridized carbons (Fsp3) is 0.281. The Morgan fingerprint density at radius 1 is 1.05 bits per heavy atom. The first kappa shape index (κ1) is 30.1. The third-order valence-corrected chi connectivity index (χ3v) is 8.31. The highest BCUT2D eigenvalue weighted by atomic mass is 32.2. The molecule has 9 nitrogen and oxygen atoms in total. The molecular formula is C32H33FN4O5S. The standard InChI is InChI=1S/C32H33FN4O5S/c1-40-17-7-16-34-27(38)19-36-28(39)20-43-31(25-18-24(41-2)14-15-26(25)42-3)29-30(21-8-5-4-6-9-21)35-37(32(29)36)23-12-10-22(33)11-13-23/h4-6,8-15,18,31H,7,16-17,19-20H2,1-3H3,(H,34,38)/t31-/m0/s1. The van der Waals surface area contributed by atoms with Gasteiger partial charge in [-0.1, -0.05) is 30.3 Å². The Bertz CT molecular complexity index is 1580. The van der Waals surface area contributed by atoms with Gasteiger partial charge in [0.25, 0.3) is 0 Å². The SMILES string of the molecule is COCCCNC(=O)CN1C(=O)CS[C@@H](c2cc(OC)ccc2OC)c2c(-c3ccccc3)nn(-c3ccc(F)cc3)c21. The van der Waals surface area contributed by atoms with Gasteiger partial charge in [-0.05, 0) is 48.9 Å². The number of halogens is 1. The van der Waals surface area contributed by atoms with Crippen molar-refractivity contribution in [2.75, 3.05) is 51.7 Å². The summed E-state index contributed by atoms with van der Waals surface area (Å²) in [5.41, 5.74) is 3.52. The molecule has 0 radical (unpaired) electrons. The second-order valence-electron chi connectivity index (χ2n) is 9.82. The van der Waals surface area contributed by atoms with Gasteiger partial charge in [-0.2, -0.15) is 5.10 Å². The number of nitrogens with one attached hydrogen (secondary N) is 1. The Morgan fingerprint density at radius 3 is 2.51 bits per heavy atom. The zero-order chi connectivity index (χ0) is 30.3. The molecule has 1 aromatic heterocycles. The molecule has 1 aliphatic heterocycles. The van der Waals surface area contributed by atoms with Crippen LogP contribution in [0.2, 0.25) is 0 Å². The topological polar surface area (TPSA) is 94.9 Å². The van der Waals surface area contributed by atoms with Crippen LogP contribution in [0, 0.1) is 5.82 Å². The molecule has 11 heteroatoms. The molecule has 224 valence electrons. The number of hydrogen-bond acceptors (Lipinski definition) is 7. The largest absolute Gasteiger partial charge is 0.497 e. The number of amides is 2. The van der Waals surface area contributed by atoms with Crippen LogP contribution in [0.5, 0.6) is 11.5 Å². The summed E-state index contributed by atoms with van der Waals surface area (Å²) in [5, 5.41) is 7.48. The van der Waals surface area contributed by atoms with Gasteiger partial charge >= 0.3 is 0 Å². The fourth-order valence-corrected chi connectivity index (χ4v) is 6.24. The van der Waals surface area contributed by atoms with Crippen molar-refractivity contribution in [1.82, 2.24) is 15.1 Å². The number of thioether (sulfide) groups is 1. The molecule has 2 amide bonds. The minimum Gasteiger partial charge on any atom is -0.497 e. The van der Waals surface area contributed by atoms with Gasteiger partial charge in [-0.3, -0.25) is 14.5 Å². The summed E-state index contributed by atoms with van der Waals surface area (Å²) in [5.74, 6) is 0.804. The van der Waals surface area contributed by atoms with Gasteiger partial charge in [-0.15, -0.1) is 11.8 Å². The minimum atomic E-state index is -0.428. The third-order valence-electron chi connectivity index (χ3n) is 7.08. The van der Waals surface area contributed by atoms with E-state index >= 15 is 0 Å². The van der Waals surface area contributed by atoms with Crippen LogP contribution in [0.25, 0.3) is 16.9 Å². The fourth-order valence-electron chi connectivity index (χ4n) is 5.02. The minimum absolute atomic E-state index is 0.0916. The van der Waals surface area contributed by atoms with Crippen molar-refractivity contribution in [2.24, 2.45) is 0 Å².